The Morgan fingerprint density at radius 1 is 1.24 bits per heavy atom. The van der Waals surface area contributed by atoms with E-state index in [9.17, 15) is 0 Å². The molecule has 0 aliphatic heterocycles. The van der Waals surface area contributed by atoms with E-state index in [0.29, 0.717) is 6.04 Å². The first kappa shape index (κ1) is 14.3. The molecule has 4 heteroatoms. The maximum absolute atomic E-state index is 3.58. The Balaban J connectivity index is 1.61. The lowest BCUT2D eigenvalue weighted by Gasteiger charge is -2.23. The highest BCUT2D eigenvalue weighted by molar-refractivity contribution is 7.10. The van der Waals surface area contributed by atoms with Crippen LogP contribution in [0.3, 0.4) is 0 Å². The number of hydrogen-bond acceptors (Lipinski definition) is 3. The summed E-state index contributed by atoms with van der Waals surface area (Å²) in [6.07, 6.45) is 1.99. The summed E-state index contributed by atoms with van der Waals surface area (Å²) in [6, 6.07) is 13.5. The smallest absolute Gasteiger partial charge is 0.0561 e. The van der Waals surface area contributed by atoms with E-state index in [2.05, 4.69) is 71.1 Å². The number of rotatable bonds is 6. The number of thiophene rings is 1. The van der Waals surface area contributed by atoms with Gasteiger partial charge >= 0.3 is 0 Å². The third kappa shape index (κ3) is 3.35. The molecule has 21 heavy (non-hydrogen) atoms. The van der Waals surface area contributed by atoms with Crippen molar-refractivity contribution in [3.05, 3.63) is 58.4 Å². The Labute approximate surface area is 129 Å². The van der Waals surface area contributed by atoms with E-state index in [1.54, 1.807) is 0 Å². The number of H-pyrrole nitrogens is 1. The van der Waals surface area contributed by atoms with Crippen molar-refractivity contribution in [3.8, 4) is 0 Å². The van der Waals surface area contributed by atoms with Crippen molar-refractivity contribution in [3.63, 3.8) is 0 Å². The van der Waals surface area contributed by atoms with Gasteiger partial charge in [0.1, 0.15) is 0 Å². The van der Waals surface area contributed by atoms with Gasteiger partial charge in [0.2, 0.25) is 0 Å². The summed E-state index contributed by atoms with van der Waals surface area (Å²) in [5.41, 5.74) is 2.52. The molecule has 110 valence electrons. The van der Waals surface area contributed by atoms with Crippen molar-refractivity contribution in [2.45, 2.75) is 12.6 Å². The molecule has 1 atom stereocenters. The van der Waals surface area contributed by atoms with Gasteiger partial charge in [-0.1, -0.05) is 12.1 Å². The van der Waals surface area contributed by atoms with Gasteiger partial charge in [-0.05, 0) is 54.7 Å². The highest BCUT2D eigenvalue weighted by Crippen LogP contribution is 2.22. The Hall–Kier alpha value is -1.62. The number of aromatic nitrogens is 1. The van der Waals surface area contributed by atoms with E-state index >= 15 is 0 Å². The summed E-state index contributed by atoms with van der Waals surface area (Å²) < 4.78 is 0. The lowest BCUT2D eigenvalue weighted by molar-refractivity contribution is 0.292. The summed E-state index contributed by atoms with van der Waals surface area (Å²) >= 11 is 1.82. The number of nitrogens with zero attached hydrogens (tertiary/aromatic N) is 1. The van der Waals surface area contributed by atoms with Gasteiger partial charge in [0.05, 0.1) is 6.04 Å². The van der Waals surface area contributed by atoms with Gasteiger partial charge in [-0.3, -0.25) is 0 Å². The van der Waals surface area contributed by atoms with Crippen LogP contribution in [-0.4, -0.2) is 30.5 Å². The lowest BCUT2D eigenvalue weighted by atomic mass is 10.1. The van der Waals surface area contributed by atoms with Crippen molar-refractivity contribution >= 4 is 22.2 Å². The van der Waals surface area contributed by atoms with Gasteiger partial charge in [0, 0.05) is 29.7 Å². The number of fused-ring (bicyclic) bond motifs is 1. The lowest BCUT2D eigenvalue weighted by Crippen LogP contribution is -2.30. The fraction of sp³-hybridized carbons (Fsp3) is 0.294. The number of likely N-dealkylation sites (N-methyl/N-ethyl adjacent to an activating group) is 1. The third-order valence-corrected chi connectivity index (χ3v) is 4.75. The van der Waals surface area contributed by atoms with Crippen LogP contribution in [0.25, 0.3) is 10.9 Å². The van der Waals surface area contributed by atoms with Crippen LogP contribution < -0.4 is 5.32 Å². The summed E-state index contributed by atoms with van der Waals surface area (Å²) in [7, 11) is 4.27. The van der Waals surface area contributed by atoms with Gasteiger partial charge in [0.15, 0.2) is 0 Å². The van der Waals surface area contributed by atoms with Crippen LogP contribution in [0.4, 0.5) is 0 Å². The molecule has 1 unspecified atom stereocenters. The van der Waals surface area contributed by atoms with Crippen LogP contribution in [0, 0.1) is 0 Å². The SMILES string of the molecule is CN(C)C(CNCc1ccc2[nH]ccc2c1)c1cccs1. The van der Waals surface area contributed by atoms with Gasteiger partial charge < -0.3 is 15.2 Å². The zero-order valence-electron chi connectivity index (χ0n) is 12.5. The molecule has 2 N–H and O–H groups in total. The Morgan fingerprint density at radius 3 is 2.90 bits per heavy atom. The van der Waals surface area contributed by atoms with Crippen molar-refractivity contribution < 1.29 is 0 Å². The van der Waals surface area contributed by atoms with Crippen LogP contribution in [0.5, 0.6) is 0 Å². The first-order chi connectivity index (χ1) is 10.2. The van der Waals surface area contributed by atoms with Crippen molar-refractivity contribution in [2.75, 3.05) is 20.6 Å². The molecule has 0 saturated carbocycles. The van der Waals surface area contributed by atoms with E-state index in [4.69, 9.17) is 0 Å². The van der Waals surface area contributed by atoms with Gasteiger partial charge in [-0.2, -0.15) is 0 Å². The van der Waals surface area contributed by atoms with E-state index in [-0.39, 0.29) is 0 Å². The number of hydrogen-bond donors (Lipinski definition) is 2. The van der Waals surface area contributed by atoms with Crippen LogP contribution in [-0.2, 0) is 6.54 Å². The van der Waals surface area contributed by atoms with Crippen molar-refractivity contribution in [1.82, 2.24) is 15.2 Å². The number of benzene rings is 1. The second-order valence-electron chi connectivity index (χ2n) is 5.53. The second-order valence-corrected chi connectivity index (χ2v) is 6.50. The van der Waals surface area contributed by atoms with Gasteiger partial charge in [-0.15, -0.1) is 11.3 Å². The Bertz CT molecular complexity index is 685. The minimum Gasteiger partial charge on any atom is -0.361 e. The molecular formula is C17H21N3S. The highest BCUT2D eigenvalue weighted by Gasteiger charge is 2.14. The summed E-state index contributed by atoms with van der Waals surface area (Å²) in [5.74, 6) is 0. The van der Waals surface area contributed by atoms with Crippen LogP contribution in [0.1, 0.15) is 16.5 Å². The van der Waals surface area contributed by atoms with Crippen molar-refractivity contribution in [2.24, 2.45) is 0 Å². The summed E-state index contributed by atoms with van der Waals surface area (Å²) in [5, 5.41) is 7.00. The minimum atomic E-state index is 0.431. The minimum absolute atomic E-state index is 0.431. The molecule has 0 fully saturated rings. The van der Waals surface area contributed by atoms with E-state index in [1.165, 1.54) is 21.3 Å². The normalized spacial score (nSPS) is 13.1. The summed E-state index contributed by atoms with van der Waals surface area (Å²) in [4.78, 5) is 6.91. The molecule has 0 bridgehead atoms. The molecule has 3 aromatic rings. The first-order valence-corrected chi connectivity index (χ1v) is 8.08. The molecule has 3 nitrogen and oxygen atoms in total. The maximum atomic E-state index is 3.58. The second kappa shape index (κ2) is 6.43. The van der Waals surface area contributed by atoms with Crippen LogP contribution in [0.15, 0.2) is 48.0 Å². The molecule has 0 radical (unpaired) electrons. The summed E-state index contributed by atoms with van der Waals surface area (Å²) in [6.45, 7) is 1.86. The highest BCUT2D eigenvalue weighted by atomic mass is 32.1. The molecule has 0 saturated heterocycles. The average molecular weight is 299 g/mol. The molecule has 3 rings (SSSR count). The van der Waals surface area contributed by atoms with Crippen LogP contribution in [0.2, 0.25) is 0 Å². The maximum Gasteiger partial charge on any atom is 0.0561 e. The number of aromatic amines is 1. The van der Waals surface area contributed by atoms with Crippen molar-refractivity contribution in [1.29, 1.82) is 0 Å². The zero-order valence-corrected chi connectivity index (χ0v) is 13.3. The topological polar surface area (TPSA) is 31.1 Å². The van der Waals surface area contributed by atoms with E-state index < -0.39 is 0 Å². The molecule has 0 spiro atoms. The van der Waals surface area contributed by atoms with E-state index in [1.807, 2.05) is 17.5 Å². The average Bonchev–Trinajstić information content (AvgIpc) is 3.13. The number of nitrogens with one attached hydrogen (secondary N) is 2. The quantitative estimate of drug-likeness (QED) is 0.728. The predicted molar refractivity (Wildman–Crippen MR) is 90.8 cm³/mol. The molecule has 0 amide bonds. The predicted octanol–water partition coefficient (Wildman–Crippen LogP) is 3.62. The van der Waals surface area contributed by atoms with Gasteiger partial charge in [-0.25, -0.2) is 0 Å². The molecule has 1 aromatic carbocycles. The third-order valence-electron chi connectivity index (χ3n) is 3.78. The van der Waals surface area contributed by atoms with Crippen LogP contribution >= 0.6 is 11.3 Å². The standard InChI is InChI=1S/C17H21N3S/c1-20(2)16(17-4-3-9-21-17)12-18-11-13-5-6-15-14(10-13)7-8-19-15/h3-10,16,18-19H,11-12H2,1-2H3. The monoisotopic (exact) mass is 299 g/mol. The molecule has 0 aliphatic carbocycles. The fourth-order valence-corrected chi connectivity index (χ4v) is 3.51. The fourth-order valence-electron chi connectivity index (χ4n) is 2.58. The molecular weight excluding hydrogens is 278 g/mol. The van der Waals surface area contributed by atoms with E-state index in [0.717, 1.165) is 13.1 Å². The Kier molecular flexibility index (Phi) is 4.39. The first-order valence-electron chi connectivity index (χ1n) is 7.20. The molecule has 2 aromatic heterocycles. The molecule has 0 aliphatic rings. The zero-order chi connectivity index (χ0) is 14.7. The largest absolute Gasteiger partial charge is 0.361 e. The van der Waals surface area contributed by atoms with Gasteiger partial charge in [0.25, 0.3) is 0 Å². The molecule has 2 heterocycles. The Morgan fingerprint density at radius 2 is 2.14 bits per heavy atom.